The number of primary sulfonamides is 1. The lowest BCUT2D eigenvalue weighted by atomic mass is 10.0. The maximum absolute atomic E-state index is 11.6. The fraction of sp³-hybridized carbons (Fsp3) is 0.400. The molecule has 2 aromatic carbocycles. The van der Waals surface area contributed by atoms with Gasteiger partial charge in [-0.05, 0) is 55.5 Å². The second kappa shape index (κ2) is 9.32. The number of rotatable bonds is 9. The molecule has 6 nitrogen and oxygen atoms in total. The second-order valence-electron chi connectivity index (χ2n) is 6.75. The number of aryl methyl sites for hydroxylation is 2. The highest BCUT2D eigenvalue weighted by atomic mass is 32.2. The van der Waals surface area contributed by atoms with Crippen LogP contribution in [0, 0.1) is 6.92 Å². The molecule has 0 aliphatic heterocycles. The molecule has 0 heterocycles. The number of nitrogens with two attached hydrogens (primary N) is 1. The van der Waals surface area contributed by atoms with E-state index in [1.807, 2.05) is 31.2 Å². The van der Waals surface area contributed by atoms with E-state index in [1.54, 1.807) is 26.2 Å². The Bertz CT molecular complexity index is 868. The van der Waals surface area contributed by atoms with Gasteiger partial charge in [0, 0.05) is 12.6 Å². The number of hydrogen-bond donors (Lipinski definition) is 3. The van der Waals surface area contributed by atoms with Crippen LogP contribution in [0.5, 0.6) is 5.75 Å². The van der Waals surface area contributed by atoms with Crippen LogP contribution in [-0.2, 0) is 16.4 Å². The van der Waals surface area contributed by atoms with Crippen molar-refractivity contribution >= 4 is 10.0 Å². The zero-order valence-corrected chi connectivity index (χ0v) is 16.8. The molecule has 7 heteroatoms. The van der Waals surface area contributed by atoms with E-state index >= 15 is 0 Å². The summed E-state index contributed by atoms with van der Waals surface area (Å²) in [6, 6.07) is 12.9. The average Bonchev–Trinajstić information content (AvgIpc) is 2.64. The SMILES string of the molecule is COc1ccccc1CCC(C)NCC(O)c1ccc(C)c(S(N)(=O)=O)c1. The first-order valence-electron chi connectivity index (χ1n) is 8.89. The zero-order valence-electron chi connectivity index (χ0n) is 16.0. The first-order valence-corrected chi connectivity index (χ1v) is 10.4. The highest BCUT2D eigenvalue weighted by Crippen LogP contribution is 2.21. The standard InChI is InChI=1S/C20H28N2O4S/c1-14-8-10-17(12-20(14)27(21,24)25)18(23)13-22-15(2)9-11-16-6-4-5-7-19(16)26-3/h4-8,10,12,15,18,22-23H,9,11,13H2,1-3H3,(H2,21,24,25). The van der Waals surface area contributed by atoms with E-state index in [4.69, 9.17) is 9.88 Å². The normalized spacial score (nSPS) is 14.0. The molecule has 4 N–H and O–H groups in total. The summed E-state index contributed by atoms with van der Waals surface area (Å²) in [7, 11) is -2.15. The van der Waals surface area contributed by atoms with Crippen molar-refractivity contribution in [2.75, 3.05) is 13.7 Å². The predicted octanol–water partition coefficient (Wildman–Crippen LogP) is 2.30. The third-order valence-electron chi connectivity index (χ3n) is 4.60. The Labute approximate surface area is 161 Å². The Morgan fingerprint density at radius 2 is 1.93 bits per heavy atom. The van der Waals surface area contributed by atoms with Crippen LogP contribution < -0.4 is 15.2 Å². The second-order valence-corrected chi connectivity index (χ2v) is 8.28. The summed E-state index contributed by atoms with van der Waals surface area (Å²) in [4.78, 5) is 0.0447. The molecule has 0 amide bonds. The molecule has 27 heavy (non-hydrogen) atoms. The van der Waals surface area contributed by atoms with E-state index in [1.165, 1.54) is 6.07 Å². The minimum absolute atomic E-state index is 0.0447. The predicted molar refractivity (Wildman–Crippen MR) is 106 cm³/mol. The van der Waals surface area contributed by atoms with Crippen molar-refractivity contribution in [1.29, 1.82) is 0 Å². The van der Waals surface area contributed by atoms with E-state index in [2.05, 4.69) is 5.32 Å². The largest absolute Gasteiger partial charge is 0.496 e. The number of aliphatic hydroxyl groups excluding tert-OH is 1. The van der Waals surface area contributed by atoms with E-state index in [9.17, 15) is 13.5 Å². The minimum atomic E-state index is -3.81. The Morgan fingerprint density at radius 1 is 1.22 bits per heavy atom. The van der Waals surface area contributed by atoms with Gasteiger partial charge in [0.15, 0.2) is 0 Å². The molecule has 2 rings (SSSR count). The van der Waals surface area contributed by atoms with Gasteiger partial charge in [-0.1, -0.05) is 30.3 Å². The highest BCUT2D eigenvalue weighted by molar-refractivity contribution is 7.89. The topological polar surface area (TPSA) is 102 Å². The van der Waals surface area contributed by atoms with Crippen LogP contribution in [0.25, 0.3) is 0 Å². The summed E-state index contributed by atoms with van der Waals surface area (Å²) >= 11 is 0. The Morgan fingerprint density at radius 3 is 2.59 bits per heavy atom. The number of aliphatic hydroxyl groups is 1. The van der Waals surface area contributed by atoms with Crippen LogP contribution >= 0.6 is 0 Å². The maximum atomic E-state index is 11.6. The van der Waals surface area contributed by atoms with E-state index in [0.717, 1.165) is 24.2 Å². The summed E-state index contributed by atoms with van der Waals surface area (Å²) in [6.45, 7) is 4.04. The summed E-state index contributed by atoms with van der Waals surface area (Å²) in [6.07, 6.45) is 0.914. The molecule has 148 valence electrons. The molecule has 0 aliphatic rings. The van der Waals surface area contributed by atoms with Crippen LogP contribution in [-0.4, -0.2) is 33.2 Å². The van der Waals surface area contributed by atoms with Gasteiger partial charge in [0.1, 0.15) is 5.75 Å². The Kier molecular flexibility index (Phi) is 7.38. The van der Waals surface area contributed by atoms with Crippen molar-refractivity contribution in [3.8, 4) is 5.75 Å². The zero-order chi connectivity index (χ0) is 20.0. The number of sulfonamides is 1. The monoisotopic (exact) mass is 392 g/mol. The summed E-state index contributed by atoms with van der Waals surface area (Å²) in [5.74, 6) is 0.875. The quantitative estimate of drug-likeness (QED) is 0.608. The maximum Gasteiger partial charge on any atom is 0.238 e. The molecule has 0 aromatic heterocycles. The van der Waals surface area contributed by atoms with Gasteiger partial charge in [-0.2, -0.15) is 0 Å². The Hall–Kier alpha value is -1.93. The van der Waals surface area contributed by atoms with Crippen molar-refractivity contribution in [2.24, 2.45) is 5.14 Å². The molecule has 0 saturated carbocycles. The number of ether oxygens (including phenoxy) is 1. The molecule has 0 aliphatic carbocycles. The smallest absolute Gasteiger partial charge is 0.238 e. The van der Waals surface area contributed by atoms with E-state index < -0.39 is 16.1 Å². The first-order chi connectivity index (χ1) is 12.7. The summed E-state index contributed by atoms with van der Waals surface area (Å²) in [5, 5.41) is 18.9. The van der Waals surface area contributed by atoms with Crippen molar-refractivity contribution in [3.63, 3.8) is 0 Å². The molecule has 0 bridgehead atoms. The first kappa shape index (κ1) is 21.4. The van der Waals surface area contributed by atoms with E-state index in [-0.39, 0.29) is 10.9 Å². The van der Waals surface area contributed by atoms with Gasteiger partial charge in [0.25, 0.3) is 0 Å². The van der Waals surface area contributed by atoms with Crippen LogP contribution in [0.15, 0.2) is 47.4 Å². The molecule has 2 aromatic rings. The van der Waals surface area contributed by atoms with Gasteiger partial charge in [-0.25, -0.2) is 13.6 Å². The molecule has 2 unspecified atom stereocenters. The molecular weight excluding hydrogens is 364 g/mol. The minimum Gasteiger partial charge on any atom is -0.496 e. The average molecular weight is 393 g/mol. The lowest BCUT2D eigenvalue weighted by Gasteiger charge is -2.19. The molecule has 0 saturated heterocycles. The molecular formula is C20H28N2O4S. The lowest BCUT2D eigenvalue weighted by molar-refractivity contribution is 0.169. The number of methoxy groups -OCH3 is 1. The number of para-hydroxylation sites is 1. The Balaban J connectivity index is 1.92. The van der Waals surface area contributed by atoms with Crippen molar-refractivity contribution in [3.05, 3.63) is 59.2 Å². The number of hydrogen-bond acceptors (Lipinski definition) is 5. The van der Waals surface area contributed by atoms with Crippen molar-refractivity contribution in [1.82, 2.24) is 5.32 Å². The van der Waals surface area contributed by atoms with Gasteiger partial charge >= 0.3 is 0 Å². The van der Waals surface area contributed by atoms with Crippen molar-refractivity contribution < 1.29 is 18.3 Å². The van der Waals surface area contributed by atoms with Gasteiger partial charge < -0.3 is 15.2 Å². The fourth-order valence-electron chi connectivity index (χ4n) is 2.94. The molecule has 0 fully saturated rings. The van der Waals surface area contributed by atoms with Crippen LogP contribution in [0.3, 0.4) is 0 Å². The molecule has 0 spiro atoms. The lowest BCUT2D eigenvalue weighted by Crippen LogP contribution is -2.31. The fourth-order valence-corrected chi connectivity index (χ4v) is 3.76. The third-order valence-corrected chi connectivity index (χ3v) is 5.66. The highest BCUT2D eigenvalue weighted by Gasteiger charge is 2.16. The van der Waals surface area contributed by atoms with Gasteiger partial charge in [0.05, 0.1) is 18.1 Å². The molecule has 0 radical (unpaired) electrons. The van der Waals surface area contributed by atoms with Crippen LogP contribution in [0.2, 0.25) is 0 Å². The van der Waals surface area contributed by atoms with E-state index in [0.29, 0.717) is 17.7 Å². The number of benzene rings is 2. The van der Waals surface area contributed by atoms with Gasteiger partial charge in [0.2, 0.25) is 10.0 Å². The van der Waals surface area contributed by atoms with Crippen molar-refractivity contribution in [2.45, 2.75) is 43.7 Å². The summed E-state index contributed by atoms with van der Waals surface area (Å²) < 4.78 is 28.6. The van der Waals surface area contributed by atoms with Crippen LogP contribution in [0.4, 0.5) is 0 Å². The van der Waals surface area contributed by atoms with Crippen LogP contribution in [0.1, 0.15) is 36.1 Å². The summed E-state index contributed by atoms with van der Waals surface area (Å²) in [5.41, 5.74) is 2.23. The number of nitrogens with one attached hydrogen (secondary N) is 1. The molecule has 2 atom stereocenters. The van der Waals surface area contributed by atoms with Gasteiger partial charge in [-0.3, -0.25) is 0 Å². The third kappa shape index (κ3) is 6.04. The van der Waals surface area contributed by atoms with Gasteiger partial charge in [-0.15, -0.1) is 0 Å².